The van der Waals surface area contributed by atoms with Crippen molar-refractivity contribution in [1.29, 1.82) is 0 Å². The van der Waals surface area contributed by atoms with Gasteiger partial charge < -0.3 is 0 Å². The number of rotatable bonds is 8. The van der Waals surface area contributed by atoms with Crippen LogP contribution in [-0.4, -0.2) is 36.4 Å². The SMILES string of the molecule is Cc1ccc(S(=O)(=O)N(CC(=O)NN=Cc2ccncc2)Cc2ccc(Cl)cc2Cl)cc1. The smallest absolute Gasteiger partial charge is 0.255 e. The molecule has 1 N–H and O–H groups in total. The molecule has 0 unspecified atom stereocenters. The minimum absolute atomic E-state index is 0.0706. The van der Waals surface area contributed by atoms with E-state index in [-0.39, 0.29) is 11.4 Å². The summed E-state index contributed by atoms with van der Waals surface area (Å²) < 4.78 is 27.6. The summed E-state index contributed by atoms with van der Waals surface area (Å²) in [6.45, 7) is 1.28. The summed E-state index contributed by atoms with van der Waals surface area (Å²) in [5, 5.41) is 4.61. The van der Waals surface area contributed by atoms with Crippen molar-refractivity contribution in [2.75, 3.05) is 6.54 Å². The van der Waals surface area contributed by atoms with Crippen LogP contribution in [0.4, 0.5) is 0 Å². The molecule has 0 bridgehead atoms. The van der Waals surface area contributed by atoms with Gasteiger partial charge in [0.15, 0.2) is 0 Å². The molecule has 166 valence electrons. The highest BCUT2D eigenvalue weighted by molar-refractivity contribution is 7.89. The second-order valence-corrected chi connectivity index (χ2v) is 9.68. The molecule has 0 spiro atoms. The van der Waals surface area contributed by atoms with Crippen LogP contribution < -0.4 is 5.43 Å². The molecule has 0 atom stereocenters. The molecule has 2 aromatic carbocycles. The zero-order chi connectivity index (χ0) is 23.1. The number of aromatic nitrogens is 1. The molecule has 0 aliphatic rings. The summed E-state index contributed by atoms with van der Waals surface area (Å²) in [7, 11) is -3.99. The van der Waals surface area contributed by atoms with Gasteiger partial charge in [-0.15, -0.1) is 0 Å². The molecule has 0 saturated carbocycles. The van der Waals surface area contributed by atoms with Crippen LogP contribution >= 0.6 is 23.2 Å². The van der Waals surface area contributed by atoms with Crippen LogP contribution in [0.25, 0.3) is 0 Å². The van der Waals surface area contributed by atoms with Gasteiger partial charge in [0, 0.05) is 29.0 Å². The fraction of sp³-hybridized carbons (Fsp3) is 0.136. The summed E-state index contributed by atoms with van der Waals surface area (Å²) in [6.07, 6.45) is 4.62. The van der Waals surface area contributed by atoms with Crippen molar-refractivity contribution in [3.8, 4) is 0 Å². The number of nitrogens with zero attached hydrogens (tertiary/aromatic N) is 3. The van der Waals surface area contributed by atoms with E-state index in [2.05, 4.69) is 15.5 Å². The van der Waals surface area contributed by atoms with Crippen molar-refractivity contribution >= 4 is 45.3 Å². The summed E-state index contributed by atoms with van der Waals surface area (Å²) in [4.78, 5) is 16.5. The molecule has 0 saturated heterocycles. The first-order valence-electron chi connectivity index (χ1n) is 9.48. The number of benzene rings is 2. The highest BCUT2D eigenvalue weighted by Crippen LogP contribution is 2.25. The van der Waals surface area contributed by atoms with Crippen molar-refractivity contribution in [1.82, 2.24) is 14.7 Å². The number of amides is 1. The zero-order valence-corrected chi connectivity index (χ0v) is 19.4. The first-order valence-corrected chi connectivity index (χ1v) is 11.7. The second kappa shape index (κ2) is 10.7. The molecule has 0 aliphatic carbocycles. The van der Waals surface area contributed by atoms with Crippen LogP contribution in [0.1, 0.15) is 16.7 Å². The van der Waals surface area contributed by atoms with Gasteiger partial charge in [0.1, 0.15) is 0 Å². The maximum atomic E-state index is 13.3. The fourth-order valence-electron chi connectivity index (χ4n) is 2.75. The monoisotopic (exact) mass is 490 g/mol. The first kappa shape index (κ1) is 23.9. The van der Waals surface area contributed by atoms with Gasteiger partial charge in [-0.1, -0.05) is 47.0 Å². The predicted octanol–water partition coefficient (Wildman–Crippen LogP) is 4.04. The topological polar surface area (TPSA) is 91.7 Å². The lowest BCUT2D eigenvalue weighted by Gasteiger charge is -2.22. The molecule has 10 heteroatoms. The molecule has 1 amide bonds. The summed E-state index contributed by atoms with van der Waals surface area (Å²) in [5.41, 5.74) is 4.52. The Morgan fingerprint density at radius 1 is 1.09 bits per heavy atom. The third-order valence-corrected chi connectivity index (χ3v) is 6.84. The second-order valence-electron chi connectivity index (χ2n) is 6.90. The van der Waals surface area contributed by atoms with Crippen LogP contribution in [0.15, 0.2) is 77.0 Å². The standard InChI is InChI=1S/C22H20Cl2N4O3S/c1-16-2-6-20(7-3-16)32(30,31)28(14-18-4-5-19(23)12-21(18)24)15-22(29)27-26-13-17-8-10-25-11-9-17/h2-13H,14-15H2,1H3,(H,27,29). The van der Waals surface area contributed by atoms with Gasteiger partial charge in [-0.05, 0) is 54.4 Å². The summed E-state index contributed by atoms with van der Waals surface area (Å²) >= 11 is 12.2. The van der Waals surface area contributed by atoms with Crippen LogP contribution in [0.2, 0.25) is 10.0 Å². The van der Waals surface area contributed by atoms with E-state index in [0.717, 1.165) is 15.4 Å². The van der Waals surface area contributed by atoms with E-state index in [0.29, 0.717) is 15.6 Å². The van der Waals surface area contributed by atoms with Gasteiger partial charge in [0.05, 0.1) is 17.7 Å². The molecule has 1 aromatic heterocycles. The van der Waals surface area contributed by atoms with Crippen LogP contribution in [-0.2, 0) is 21.4 Å². The highest BCUT2D eigenvalue weighted by Gasteiger charge is 2.27. The van der Waals surface area contributed by atoms with Crippen LogP contribution in [0.3, 0.4) is 0 Å². The quantitative estimate of drug-likeness (QED) is 0.380. The number of hydrogen-bond acceptors (Lipinski definition) is 5. The van der Waals surface area contributed by atoms with E-state index in [9.17, 15) is 13.2 Å². The van der Waals surface area contributed by atoms with Gasteiger partial charge in [-0.25, -0.2) is 13.8 Å². The van der Waals surface area contributed by atoms with E-state index in [1.165, 1.54) is 24.4 Å². The number of hydrazone groups is 1. The molecule has 0 aliphatic heterocycles. The third kappa shape index (κ3) is 6.37. The van der Waals surface area contributed by atoms with Crippen molar-refractivity contribution in [3.05, 3.63) is 93.7 Å². The lowest BCUT2D eigenvalue weighted by atomic mass is 10.2. The Labute approximate surface area is 196 Å². The van der Waals surface area contributed by atoms with E-state index in [4.69, 9.17) is 23.2 Å². The molecule has 3 rings (SSSR count). The average Bonchev–Trinajstić information content (AvgIpc) is 2.76. The van der Waals surface area contributed by atoms with Crippen molar-refractivity contribution in [3.63, 3.8) is 0 Å². The Morgan fingerprint density at radius 2 is 1.78 bits per heavy atom. The summed E-state index contributed by atoms with van der Waals surface area (Å²) in [5.74, 6) is -0.601. The molecule has 0 fully saturated rings. The Morgan fingerprint density at radius 3 is 2.44 bits per heavy atom. The van der Waals surface area contributed by atoms with Crippen molar-refractivity contribution in [2.45, 2.75) is 18.4 Å². The zero-order valence-electron chi connectivity index (χ0n) is 17.1. The molecular weight excluding hydrogens is 471 g/mol. The number of carbonyl (C=O) groups is 1. The fourth-order valence-corrected chi connectivity index (χ4v) is 4.59. The average molecular weight is 491 g/mol. The van der Waals surface area contributed by atoms with Crippen molar-refractivity contribution < 1.29 is 13.2 Å². The number of sulfonamides is 1. The molecular formula is C22H20Cl2N4O3S. The molecule has 0 radical (unpaired) electrons. The molecule has 32 heavy (non-hydrogen) atoms. The Bertz CT molecular complexity index is 1220. The van der Waals surface area contributed by atoms with Gasteiger partial charge in [-0.3, -0.25) is 9.78 Å². The van der Waals surface area contributed by atoms with Gasteiger partial charge in [0.25, 0.3) is 5.91 Å². The maximum absolute atomic E-state index is 13.3. The summed E-state index contributed by atoms with van der Waals surface area (Å²) in [6, 6.07) is 14.6. The van der Waals surface area contributed by atoms with Gasteiger partial charge >= 0.3 is 0 Å². The number of halogens is 2. The Balaban J connectivity index is 1.83. The first-order chi connectivity index (χ1) is 15.3. The van der Waals surface area contributed by atoms with Gasteiger partial charge in [-0.2, -0.15) is 9.41 Å². The largest absolute Gasteiger partial charge is 0.272 e. The third-order valence-electron chi connectivity index (χ3n) is 4.45. The normalized spacial score (nSPS) is 11.8. The molecule has 3 aromatic rings. The molecule has 7 nitrogen and oxygen atoms in total. The lowest BCUT2D eigenvalue weighted by Crippen LogP contribution is -2.39. The van der Waals surface area contributed by atoms with E-state index in [1.54, 1.807) is 48.8 Å². The maximum Gasteiger partial charge on any atom is 0.255 e. The minimum atomic E-state index is -3.99. The number of carbonyl (C=O) groups excluding carboxylic acids is 1. The number of aryl methyl sites for hydroxylation is 1. The lowest BCUT2D eigenvalue weighted by molar-refractivity contribution is -0.121. The van der Waals surface area contributed by atoms with Crippen molar-refractivity contribution in [2.24, 2.45) is 5.10 Å². The van der Waals surface area contributed by atoms with Crippen LogP contribution in [0, 0.1) is 6.92 Å². The number of hydrogen-bond donors (Lipinski definition) is 1. The predicted molar refractivity (Wildman–Crippen MR) is 125 cm³/mol. The minimum Gasteiger partial charge on any atom is -0.272 e. The van der Waals surface area contributed by atoms with Gasteiger partial charge in [0.2, 0.25) is 10.0 Å². The van der Waals surface area contributed by atoms with E-state index in [1.807, 2.05) is 6.92 Å². The molecule has 1 heterocycles. The van der Waals surface area contributed by atoms with Crippen LogP contribution in [0.5, 0.6) is 0 Å². The number of nitrogens with one attached hydrogen (secondary N) is 1. The Kier molecular flexibility index (Phi) is 7.98. The highest BCUT2D eigenvalue weighted by atomic mass is 35.5. The van der Waals surface area contributed by atoms with E-state index < -0.39 is 22.5 Å². The van der Waals surface area contributed by atoms with E-state index >= 15 is 0 Å². The Hall–Kier alpha value is -2.78. The number of pyridine rings is 1.